The Bertz CT molecular complexity index is 615. The Morgan fingerprint density at radius 3 is 2.60 bits per heavy atom. The number of nitrogens with one attached hydrogen (secondary N) is 1. The van der Waals surface area contributed by atoms with Crippen molar-refractivity contribution >= 4 is 27.5 Å². The van der Waals surface area contributed by atoms with E-state index < -0.39 is 0 Å². The van der Waals surface area contributed by atoms with Gasteiger partial charge in [-0.15, -0.1) is 0 Å². The van der Waals surface area contributed by atoms with Crippen LogP contribution in [0.2, 0.25) is 5.02 Å². The Labute approximate surface area is 132 Å². The lowest BCUT2D eigenvalue weighted by atomic mass is 9.97. The Kier molecular flexibility index (Phi) is 5.19. The number of benzene rings is 2. The van der Waals surface area contributed by atoms with E-state index in [0.29, 0.717) is 10.6 Å². The molecule has 0 bridgehead atoms. The molecule has 1 atom stereocenters. The molecule has 2 aromatic rings. The van der Waals surface area contributed by atoms with Crippen LogP contribution in [0.4, 0.5) is 4.39 Å². The van der Waals surface area contributed by atoms with Crippen LogP contribution in [0, 0.1) is 12.7 Å². The zero-order chi connectivity index (χ0) is 14.7. The topological polar surface area (TPSA) is 12.0 Å². The van der Waals surface area contributed by atoms with Crippen molar-refractivity contribution in [3.8, 4) is 0 Å². The summed E-state index contributed by atoms with van der Waals surface area (Å²) in [5.74, 6) is -0.181. The Hall–Kier alpha value is -0.900. The molecule has 0 aliphatic heterocycles. The minimum absolute atomic E-state index is 0.00550. The van der Waals surface area contributed by atoms with Crippen LogP contribution in [0.1, 0.15) is 29.7 Å². The molecular weight excluding hydrogens is 341 g/mol. The van der Waals surface area contributed by atoms with E-state index in [1.54, 1.807) is 6.92 Å². The number of rotatable bonds is 4. The summed E-state index contributed by atoms with van der Waals surface area (Å²) in [4.78, 5) is 0. The first kappa shape index (κ1) is 15.5. The molecule has 0 aromatic heterocycles. The lowest BCUT2D eigenvalue weighted by molar-refractivity contribution is 0.605. The average Bonchev–Trinajstić information content (AvgIpc) is 2.40. The normalized spacial score (nSPS) is 12.4. The highest BCUT2D eigenvalue weighted by atomic mass is 79.9. The Morgan fingerprint density at radius 2 is 2.00 bits per heavy atom. The van der Waals surface area contributed by atoms with E-state index in [2.05, 4.69) is 21.2 Å². The molecule has 1 N–H and O–H groups in total. The fourth-order valence-corrected chi connectivity index (χ4v) is 3.11. The van der Waals surface area contributed by atoms with E-state index in [1.807, 2.05) is 37.3 Å². The summed E-state index contributed by atoms with van der Waals surface area (Å²) < 4.78 is 14.4. The summed E-state index contributed by atoms with van der Waals surface area (Å²) in [5, 5.41) is 4.11. The molecule has 0 saturated heterocycles. The number of aryl methyl sites for hydroxylation is 1. The summed E-state index contributed by atoms with van der Waals surface area (Å²) in [6.45, 7) is 4.64. The van der Waals surface area contributed by atoms with Gasteiger partial charge in [0.15, 0.2) is 0 Å². The maximum absolute atomic E-state index is 13.4. The van der Waals surface area contributed by atoms with Gasteiger partial charge in [0.1, 0.15) is 5.82 Å². The molecule has 0 aliphatic rings. The van der Waals surface area contributed by atoms with Crippen LogP contribution < -0.4 is 5.32 Å². The highest BCUT2D eigenvalue weighted by Gasteiger charge is 2.16. The van der Waals surface area contributed by atoms with Gasteiger partial charge in [0.25, 0.3) is 0 Å². The van der Waals surface area contributed by atoms with Crippen LogP contribution in [0.15, 0.2) is 40.9 Å². The largest absolute Gasteiger partial charge is 0.306 e. The third-order valence-corrected chi connectivity index (χ3v) is 4.12. The molecule has 1 unspecified atom stereocenters. The highest BCUT2D eigenvalue weighted by molar-refractivity contribution is 9.10. The molecule has 4 heteroatoms. The van der Waals surface area contributed by atoms with Gasteiger partial charge in [-0.2, -0.15) is 0 Å². The van der Waals surface area contributed by atoms with Gasteiger partial charge in [0, 0.05) is 9.50 Å². The lowest BCUT2D eigenvalue weighted by Crippen LogP contribution is -2.22. The summed E-state index contributed by atoms with van der Waals surface area (Å²) >= 11 is 9.54. The van der Waals surface area contributed by atoms with Gasteiger partial charge in [-0.1, -0.05) is 52.7 Å². The third-order valence-electron chi connectivity index (χ3n) is 3.20. The van der Waals surface area contributed by atoms with Gasteiger partial charge in [0.2, 0.25) is 0 Å². The second kappa shape index (κ2) is 6.70. The molecule has 0 saturated carbocycles. The lowest BCUT2D eigenvalue weighted by Gasteiger charge is -2.21. The van der Waals surface area contributed by atoms with Gasteiger partial charge >= 0.3 is 0 Å². The van der Waals surface area contributed by atoms with Crippen LogP contribution in [0.3, 0.4) is 0 Å². The summed E-state index contributed by atoms with van der Waals surface area (Å²) in [5.41, 5.74) is 2.77. The summed E-state index contributed by atoms with van der Waals surface area (Å²) in [6.07, 6.45) is 0. The van der Waals surface area contributed by atoms with Crippen LogP contribution in [0.5, 0.6) is 0 Å². The minimum atomic E-state index is -0.181. The second-order valence-corrected chi connectivity index (χ2v) is 5.96. The van der Waals surface area contributed by atoms with Crippen LogP contribution in [-0.4, -0.2) is 6.54 Å². The zero-order valence-electron chi connectivity index (χ0n) is 11.4. The van der Waals surface area contributed by atoms with Crippen LogP contribution in [-0.2, 0) is 0 Å². The van der Waals surface area contributed by atoms with Crippen molar-refractivity contribution in [2.24, 2.45) is 0 Å². The minimum Gasteiger partial charge on any atom is -0.306 e. The maximum Gasteiger partial charge on any atom is 0.126 e. The molecule has 1 nitrogen and oxygen atoms in total. The number of halogens is 3. The molecule has 2 rings (SSSR count). The van der Waals surface area contributed by atoms with Crippen LogP contribution in [0.25, 0.3) is 0 Å². The van der Waals surface area contributed by atoms with Crippen molar-refractivity contribution in [2.75, 3.05) is 6.54 Å². The second-order valence-electron chi connectivity index (χ2n) is 4.67. The maximum atomic E-state index is 13.4. The number of hydrogen-bond donors (Lipinski definition) is 1. The van der Waals surface area contributed by atoms with Crippen molar-refractivity contribution in [1.82, 2.24) is 5.32 Å². The van der Waals surface area contributed by atoms with Gasteiger partial charge in [-0.05, 0) is 48.4 Å². The SMILES string of the molecule is CCNC(c1ccc(F)c(C)c1)c1ccc(Cl)cc1Br. The smallest absolute Gasteiger partial charge is 0.126 e. The molecule has 0 aliphatic carbocycles. The van der Waals surface area contributed by atoms with Crippen molar-refractivity contribution in [2.45, 2.75) is 19.9 Å². The van der Waals surface area contributed by atoms with Gasteiger partial charge in [-0.3, -0.25) is 0 Å². The van der Waals surface area contributed by atoms with E-state index in [9.17, 15) is 4.39 Å². The van der Waals surface area contributed by atoms with Crippen LogP contribution >= 0.6 is 27.5 Å². The fraction of sp³-hybridized carbons (Fsp3) is 0.250. The predicted molar refractivity (Wildman–Crippen MR) is 85.8 cm³/mol. The van der Waals surface area contributed by atoms with Crippen molar-refractivity contribution < 1.29 is 4.39 Å². The van der Waals surface area contributed by atoms with E-state index >= 15 is 0 Å². The third kappa shape index (κ3) is 3.40. The molecule has 0 spiro atoms. The van der Waals surface area contributed by atoms with Gasteiger partial charge < -0.3 is 5.32 Å². The van der Waals surface area contributed by atoms with E-state index in [1.165, 1.54) is 6.07 Å². The molecule has 0 heterocycles. The Morgan fingerprint density at radius 1 is 1.25 bits per heavy atom. The van der Waals surface area contributed by atoms with E-state index in [0.717, 1.165) is 22.1 Å². The van der Waals surface area contributed by atoms with E-state index in [-0.39, 0.29) is 11.9 Å². The molecule has 0 fully saturated rings. The zero-order valence-corrected chi connectivity index (χ0v) is 13.7. The van der Waals surface area contributed by atoms with Gasteiger partial charge in [0.05, 0.1) is 6.04 Å². The summed E-state index contributed by atoms with van der Waals surface area (Å²) in [7, 11) is 0. The monoisotopic (exact) mass is 355 g/mol. The molecule has 106 valence electrons. The molecular formula is C16H16BrClFN. The van der Waals surface area contributed by atoms with Gasteiger partial charge in [-0.25, -0.2) is 4.39 Å². The summed E-state index contributed by atoms with van der Waals surface area (Å²) in [6, 6.07) is 10.9. The molecule has 2 aromatic carbocycles. The Balaban J connectivity index is 2.47. The van der Waals surface area contributed by atoms with Crippen molar-refractivity contribution in [3.63, 3.8) is 0 Å². The highest BCUT2D eigenvalue weighted by Crippen LogP contribution is 2.31. The number of hydrogen-bond acceptors (Lipinski definition) is 1. The first-order valence-electron chi connectivity index (χ1n) is 6.47. The quantitative estimate of drug-likeness (QED) is 0.789. The average molecular weight is 357 g/mol. The molecule has 0 radical (unpaired) electrons. The van der Waals surface area contributed by atoms with Crippen molar-refractivity contribution in [3.05, 3.63) is 68.4 Å². The first-order valence-corrected chi connectivity index (χ1v) is 7.64. The standard InChI is InChI=1S/C16H16BrClFN/c1-3-20-16(11-4-7-15(19)10(2)8-11)13-6-5-12(18)9-14(13)17/h4-9,16,20H,3H2,1-2H3. The van der Waals surface area contributed by atoms with Crippen molar-refractivity contribution in [1.29, 1.82) is 0 Å². The van der Waals surface area contributed by atoms with E-state index in [4.69, 9.17) is 11.6 Å². The molecule has 20 heavy (non-hydrogen) atoms. The molecule has 0 amide bonds. The fourth-order valence-electron chi connectivity index (χ4n) is 2.19. The predicted octanol–water partition coefficient (Wildman–Crippen LogP) is 5.25. The first-order chi connectivity index (χ1) is 9.52.